The van der Waals surface area contributed by atoms with Gasteiger partial charge in [0.25, 0.3) is 0 Å². The second-order valence-corrected chi connectivity index (χ2v) is 8.63. The van der Waals surface area contributed by atoms with Gasteiger partial charge in [0.2, 0.25) is 5.91 Å². The molecule has 0 atom stereocenters. The van der Waals surface area contributed by atoms with Crippen LogP contribution in [-0.4, -0.2) is 5.91 Å². The zero-order chi connectivity index (χ0) is 20.3. The predicted octanol–water partition coefficient (Wildman–Crippen LogP) is 7.72. The lowest BCUT2D eigenvalue weighted by Gasteiger charge is -2.05. The van der Waals surface area contributed by atoms with Gasteiger partial charge in [-0.3, -0.25) is 4.79 Å². The number of carbonyl (C=O) groups is 1. The standard InChI is InChI=1S/C25H38INO/c1-2-3-4-5-6-7-8-9-10-11-12-13-14-15-16-17-25(28)27-22-23-18-20-24(26)21-19-23/h6-7,9-10,18-21H,2-5,8,11-17,22H2,1H3,(H,27,28)/b7-6-,10-9-. The SMILES string of the molecule is CCCCC/C=C\C/C=C\CCCCCCCC(=O)NCc1ccc(I)cc1. The van der Waals surface area contributed by atoms with Gasteiger partial charge >= 0.3 is 0 Å². The van der Waals surface area contributed by atoms with Crippen molar-refractivity contribution >= 4 is 28.5 Å². The van der Waals surface area contributed by atoms with Crippen molar-refractivity contribution in [2.45, 2.75) is 90.5 Å². The van der Waals surface area contributed by atoms with Crippen LogP contribution in [0.15, 0.2) is 48.6 Å². The molecule has 0 heterocycles. The summed E-state index contributed by atoms with van der Waals surface area (Å²) < 4.78 is 1.22. The summed E-state index contributed by atoms with van der Waals surface area (Å²) in [7, 11) is 0. The number of allylic oxidation sites excluding steroid dienone is 4. The molecule has 0 saturated carbocycles. The molecule has 0 aliphatic carbocycles. The molecule has 0 bridgehead atoms. The van der Waals surface area contributed by atoms with Crippen molar-refractivity contribution in [3.05, 3.63) is 57.7 Å². The van der Waals surface area contributed by atoms with Crippen molar-refractivity contribution in [3.63, 3.8) is 0 Å². The van der Waals surface area contributed by atoms with Crippen LogP contribution in [-0.2, 0) is 11.3 Å². The molecule has 28 heavy (non-hydrogen) atoms. The fourth-order valence-electron chi connectivity index (χ4n) is 2.99. The summed E-state index contributed by atoms with van der Waals surface area (Å²) in [5, 5.41) is 3.01. The van der Waals surface area contributed by atoms with Crippen LogP contribution in [0.3, 0.4) is 0 Å². The van der Waals surface area contributed by atoms with Crippen LogP contribution >= 0.6 is 22.6 Å². The lowest BCUT2D eigenvalue weighted by molar-refractivity contribution is -0.121. The van der Waals surface area contributed by atoms with Gasteiger partial charge in [-0.05, 0) is 78.8 Å². The van der Waals surface area contributed by atoms with Crippen LogP contribution in [0.5, 0.6) is 0 Å². The van der Waals surface area contributed by atoms with Crippen molar-refractivity contribution in [1.82, 2.24) is 5.32 Å². The highest BCUT2D eigenvalue weighted by Gasteiger charge is 2.01. The highest BCUT2D eigenvalue weighted by molar-refractivity contribution is 14.1. The Morgan fingerprint density at radius 2 is 1.46 bits per heavy atom. The molecule has 0 aliphatic heterocycles. The molecule has 156 valence electrons. The first kappa shape index (κ1) is 24.9. The van der Waals surface area contributed by atoms with Crippen molar-refractivity contribution in [3.8, 4) is 0 Å². The Morgan fingerprint density at radius 3 is 2.14 bits per heavy atom. The van der Waals surface area contributed by atoms with Gasteiger partial charge < -0.3 is 5.32 Å². The van der Waals surface area contributed by atoms with Gasteiger partial charge in [0.05, 0.1) is 0 Å². The zero-order valence-corrected chi connectivity index (χ0v) is 19.8. The van der Waals surface area contributed by atoms with E-state index in [0.29, 0.717) is 13.0 Å². The van der Waals surface area contributed by atoms with Crippen LogP contribution in [0.4, 0.5) is 0 Å². The molecule has 0 unspecified atom stereocenters. The third-order valence-corrected chi connectivity index (χ3v) is 5.48. The Labute approximate surface area is 186 Å². The largest absolute Gasteiger partial charge is 0.352 e. The number of halogens is 1. The van der Waals surface area contributed by atoms with Gasteiger partial charge in [-0.15, -0.1) is 0 Å². The number of carbonyl (C=O) groups excluding carboxylic acids is 1. The fraction of sp³-hybridized carbons (Fsp3) is 0.560. The van der Waals surface area contributed by atoms with E-state index in [4.69, 9.17) is 0 Å². The summed E-state index contributed by atoms with van der Waals surface area (Å²) in [4.78, 5) is 11.9. The molecule has 0 fully saturated rings. The number of unbranched alkanes of at least 4 members (excludes halogenated alkanes) is 8. The topological polar surface area (TPSA) is 29.1 Å². The van der Waals surface area contributed by atoms with Crippen molar-refractivity contribution in [2.75, 3.05) is 0 Å². The highest BCUT2D eigenvalue weighted by atomic mass is 127. The first-order chi connectivity index (χ1) is 13.7. The van der Waals surface area contributed by atoms with E-state index in [9.17, 15) is 4.79 Å². The molecule has 0 aliphatic rings. The summed E-state index contributed by atoms with van der Waals surface area (Å²) in [6.07, 6.45) is 23.2. The third kappa shape index (κ3) is 14.9. The van der Waals surface area contributed by atoms with E-state index in [0.717, 1.165) is 24.8 Å². The monoisotopic (exact) mass is 495 g/mol. The molecule has 0 aromatic heterocycles. The molecule has 0 radical (unpaired) electrons. The second-order valence-electron chi connectivity index (χ2n) is 7.38. The predicted molar refractivity (Wildman–Crippen MR) is 130 cm³/mol. The summed E-state index contributed by atoms with van der Waals surface area (Å²) in [5.41, 5.74) is 1.16. The number of rotatable bonds is 16. The molecule has 0 saturated heterocycles. The Kier molecular flexibility index (Phi) is 16.0. The minimum atomic E-state index is 0.171. The maximum atomic E-state index is 11.9. The molecule has 2 nitrogen and oxygen atoms in total. The summed E-state index contributed by atoms with van der Waals surface area (Å²) >= 11 is 2.29. The van der Waals surface area contributed by atoms with Gasteiger partial charge in [-0.1, -0.05) is 75.5 Å². The smallest absolute Gasteiger partial charge is 0.220 e. The molecule has 1 N–H and O–H groups in total. The molecular formula is C25H38INO. The molecule has 1 rings (SSSR count). The highest BCUT2D eigenvalue weighted by Crippen LogP contribution is 2.09. The molecule has 3 heteroatoms. The summed E-state index contributed by atoms with van der Waals surface area (Å²) in [6, 6.07) is 8.28. The fourth-order valence-corrected chi connectivity index (χ4v) is 3.35. The van der Waals surface area contributed by atoms with E-state index < -0.39 is 0 Å². The maximum absolute atomic E-state index is 11.9. The van der Waals surface area contributed by atoms with E-state index in [2.05, 4.69) is 83.4 Å². The van der Waals surface area contributed by atoms with E-state index in [1.165, 1.54) is 54.9 Å². The van der Waals surface area contributed by atoms with Crippen LogP contribution in [0.1, 0.15) is 89.5 Å². The summed E-state index contributed by atoms with van der Waals surface area (Å²) in [6.45, 7) is 2.88. The van der Waals surface area contributed by atoms with Crippen molar-refractivity contribution in [1.29, 1.82) is 0 Å². The third-order valence-electron chi connectivity index (χ3n) is 4.76. The normalized spacial score (nSPS) is 11.5. The summed E-state index contributed by atoms with van der Waals surface area (Å²) in [5.74, 6) is 0.171. The second kappa shape index (κ2) is 18.0. The Morgan fingerprint density at radius 1 is 0.857 bits per heavy atom. The average molecular weight is 495 g/mol. The lowest BCUT2D eigenvalue weighted by Crippen LogP contribution is -2.22. The minimum Gasteiger partial charge on any atom is -0.352 e. The van der Waals surface area contributed by atoms with Crippen LogP contribution < -0.4 is 5.32 Å². The van der Waals surface area contributed by atoms with Gasteiger partial charge in [-0.25, -0.2) is 0 Å². The van der Waals surface area contributed by atoms with Gasteiger partial charge in [-0.2, -0.15) is 0 Å². The lowest BCUT2D eigenvalue weighted by atomic mass is 10.1. The van der Waals surface area contributed by atoms with Gasteiger partial charge in [0, 0.05) is 16.5 Å². The van der Waals surface area contributed by atoms with Crippen LogP contribution in [0.2, 0.25) is 0 Å². The van der Waals surface area contributed by atoms with E-state index in [1.807, 2.05) is 0 Å². The Bertz CT molecular complexity index is 562. The first-order valence-corrected chi connectivity index (χ1v) is 12.1. The van der Waals surface area contributed by atoms with Crippen molar-refractivity contribution in [2.24, 2.45) is 0 Å². The quantitative estimate of drug-likeness (QED) is 0.142. The Hall–Kier alpha value is -1.10. The van der Waals surface area contributed by atoms with E-state index in [-0.39, 0.29) is 5.91 Å². The number of hydrogen-bond donors (Lipinski definition) is 1. The number of hydrogen-bond acceptors (Lipinski definition) is 1. The van der Waals surface area contributed by atoms with Gasteiger partial charge in [0.1, 0.15) is 0 Å². The molecule has 1 aromatic carbocycles. The molecular weight excluding hydrogens is 457 g/mol. The van der Waals surface area contributed by atoms with E-state index in [1.54, 1.807) is 0 Å². The maximum Gasteiger partial charge on any atom is 0.220 e. The van der Waals surface area contributed by atoms with Crippen LogP contribution in [0, 0.1) is 3.57 Å². The average Bonchev–Trinajstić information content (AvgIpc) is 2.70. The van der Waals surface area contributed by atoms with Gasteiger partial charge in [0.15, 0.2) is 0 Å². The van der Waals surface area contributed by atoms with Crippen LogP contribution in [0.25, 0.3) is 0 Å². The zero-order valence-electron chi connectivity index (χ0n) is 17.6. The number of amides is 1. The molecule has 1 aromatic rings. The Balaban J connectivity index is 1.88. The molecule has 1 amide bonds. The number of benzene rings is 1. The first-order valence-electron chi connectivity index (χ1n) is 11.0. The number of nitrogens with one attached hydrogen (secondary N) is 1. The van der Waals surface area contributed by atoms with Crippen molar-refractivity contribution < 1.29 is 4.79 Å². The van der Waals surface area contributed by atoms with E-state index >= 15 is 0 Å². The minimum absolute atomic E-state index is 0.171. The molecule has 0 spiro atoms.